The zero-order valence-corrected chi connectivity index (χ0v) is 14.9. The van der Waals surface area contributed by atoms with Crippen LogP contribution in [0.5, 0.6) is 0 Å². The molecule has 0 amide bonds. The molecule has 0 N–H and O–H groups in total. The molecule has 1 aliphatic carbocycles. The Hall–Kier alpha value is -1.36. The highest BCUT2D eigenvalue weighted by Gasteiger charge is 2.48. The first-order valence-electron chi connectivity index (χ1n) is 7.31. The van der Waals surface area contributed by atoms with Gasteiger partial charge in [0.1, 0.15) is 0 Å². The SMILES string of the molecule is CCCC1=CC(C(=O)OC)(C(=O)OC)C=C1C[Si](C)(C)C. The van der Waals surface area contributed by atoms with Crippen molar-refractivity contribution < 1.29 is 19.1 Å². The van der Waals surface area contributed by atoms with Gasteiger partial charge in [-0.25, -0.2) is 0 Å². The summed E-state index contributed by atoms with van der Waals surface area (Å²) in [6.45, 7) is 8.90. The predicted octanol–water partition coefficient (Wildman–Crippen LogP) is 3.32. The minimum Gasteiger partial charge on any atom is -0.468 e. The Balaban J connectivity index is 3.32. The van der Waals surface area contributed by atoms with E-state index in [2.05, 4.69) is 26.6 Å². The lowest BCUT2D eigenvalue weighted by Gasteiger charge is -2.20. The molecule has 0 bridgehead atoms. The first kappa shape index (κ1) is 17.7. The molecule has 0 aromatic carbocycles. The number of esters is 2. The second kappa shape index (κ2) is 6.60. The van der Waals surface area contributed by atoms with E-state index in [0.29, 0.717) is 0 Å². The number of carbonyl (C=O) groups is 2. The molecular weight excluding hydrogens is 284 g/mol. The summed E-state index contributed by atoms with van der Waals surface area (Å²) in [5.74, 6) is -1.15. The Morgan fingerprint density at radius 1 is 1.05 bits per heavy atom. The van der Waals surface area contributed by atoms with E-state index < -0.39 is 25.4 Å². The standard InChI is InChI=1S/C16H26O4Si/c1-7-8-12-9-16(14(17)19-2,15(18)20-3)10-13(12)11-21(4,5)6/h9-10H,7-8,11H2,1-6H3. The first-order chi connectivity index (χ1) is 9.70. The highest BCUT2D eigenvalue weighted by Crippen LogP contribution is 2.41. The van der Waals surface area contributed by atoms with Gasteiger partial charge in [-0.3, -0.25) is 9.59 Å². The van der Waals surface area contributed by atoms with Gasteiger partial charge in [0.05, 0.1) is 14.2 Å². The summed E-state index contributed by atoms with van der Waals surface area (Å²) in [6.07, 6.45) is 5.32. The molecular formula is C16H26O4Si. The predicted molar refractivity (Wildman–Crippen MR) is 85.7 cm³/mol. The van der Waals surface area contributed by atoms with Crippen LogP contribution in [0.1, 0.15) is 19.8 Å². The molecule has 1 rings (SSSR count). The smallest absolute Gasteiger partial charge is 0.331 e. The number of hydrogen-bond donors (Lipinski definition) is 0. The third-order valence-electron chi connectivity index (χ3n) is 3.50. The van der Waals surface area contributed by atoms with Crippen LogP contribution in [0.15, 0.2) is 23.3 Å². The summed E-state index contributed by atoms with van der Waals surface area (Å²) in [6, 6.07) is 0.939. The molecule has 4 nitrogen and oxygen atoms in total. The Morgan fingerprint density at radius 2 is 1.52 bits per heavy atom. The molecule has 0 fully saturated rings. The van der Waals surface area contributed by atoms with Crippen LogP contribution in [-0.2, 0) is 19.1 Å². The summed E-state index contributed by atoms with van der Waals surface area (Å²) in [5, 5.41) is 0. The van der Waals surface area contributed by atoms with Crippen molar-refractivity contribution in [3.05, 3.63) is 23.3 Å². The summed E-state index contributed by atoms with van der Waals surface area (Å²) >= 11 is 0. The number of rotatable bonds is 6. The number of methoxy groups -OCH3 is 2. The van der Waals surface area contributed by atoms with Crippen molar-refractivity contribution in [1.82, 2.24) is 0 Å². The van der Waals surface area contributed by atoms with Gasteiger partial charge in [-0.05, 0) is 35.8 Å². The van der Waals surface area contributed by atoms with Crippen molar-refractivity contribution in [2.75, 3.05) is 14.2 Å². The van der Waals surface area contributed by atoms with Crippen LogP contribution in [0.4, 0.5) is 0 Å². The van der Waals surface area contributed by atoms with E-state index in [1.54, 1.807) is 12.2 Å². The van der Waals surface area contributed by atoms with Gasteiger partial charge in [0.2, 0.25) is 5.41 Å². The third-order valence-corrected chi connectivity index (χ3v) is 4.94. The molecule has 0 aliphatic heterocycles. The molecule has 0 saturated carbocycles. The maximum Gasteiger partial charge on any atom is 0.331 e. The molecule has 0 aromatic rings. The quantitative estimate of drug-likeness (QED) is 0.429. The zero-order chi connectivity index (χ0) is 16.3. The van der Waals surface area contributed by atoms with Crippen LogP contribution >= 0.6 is 0 Å². The average Bonchev–Trinajstić information content (AvgIpc) is 2.75. The molecule has 0 saturated heterocycles. The largest absolute Gasteiger partial charge is 0.468 e. The Kier molecular flexibility index (Phi) is 5.56. The van der Waals surface area contributed by atoms with Crippen LogP contribution in [0.2, 0.25) is 25.7 Å². The first-order valence-corrected chi connectivity index (χ1v) is 11.0. The Bertz CT molecular complexity index is 467. The lowest BCUT2D eigenvalue weighted by atomic mass is 9.89. The maximum atomic E-state index is 12.2. The molecule has 118 valence electrons. The van der Waals surface area contributed by atoms with E-state index >= 15 is 0 Å². The number of ether oxygens (including phenoxy) is 2. The fraction of sp³-hybridized carbons (Fsp3) is 0.625. The normalized spacial score (nSPS) is 17.0. The minimum absolute atomic E-state index is 0.575. The fourth-order valence-corrected chi connectivity index (χ4v) is 4.14. The van der Waals surface area contributed by atoms with E-state index in [1.807, 2.05) is 0 Å². The van der Waals surface area contributed by atoms with Crippen LogP contribution in [0, 0.1) is 5.41 Å². The van der Waals surface area contributed by atoms with Gasteiger partial charge in [-0.1, -0.05) is 33.0 Å². The van der Waals surface area contributed by atoms with E-state index in [-0.39, 0.29) is 0 Å². The molecule has 0 spiro atoms. The molecule has 0 atom stereocenters. The molecule has 0 radical (unpaired) electrons. The number of allylic oxidation sites excluding steroid dienone is 2. The third kappa shape index (κ3) is 3.84. The second-order valence-corrected chi connectivity index (χ2v) is 12.2. The molecule has 0 heterocycles. The lowest BCUT2D eigenvalue weighted by molar-refractivity contribution is -0.161. The summed E-state index contributed by atoms with van der Waals surface area (Å²) < 4.78 is 9.70. The maximum absolute atomic E-state index is 12.2. The Labute approximate surface area is 128 Å². The van der Waals surface area contributed by atoms with Crippen molar-refractivity contribution in [2.24, 2.45) is 5.41 Å². The monoisotopic (exact) mass is 310 g/mol. The lowest BCUT2D eigenvalue weighted by Crippen LogP contribution is -2.37. The van der Waals surface area contributed by atoms with Crippen molar-refractivity contribution in [1.29, 1.82) is 0 Å². The fourth-order valence-electron chi connectivity index (χ4n) is 2.67. The van der Waals surface area contributed by atoms with E-state index in [4.69, 9.17) is 9.47 Å². The molecule has 1 aliphatic rings. The second-order valence-electron chi connectivity index (χ2n) is 6.68. The summed E-state index contributed by atoms with van der Waals surface area (Å²) in [4.78, 5) is 24.4. The number of hydrogen-bond acceptors (Lipinski definition) is 4. The van der Waals surface area contributed by atoms with Gasteiger partial charge in [0.15, 0.2) is 0 Å². The van der Waals surface area contributed by atoms with Crippen molar-refractivity contribution >= 4 is 20.0 Å². The molecule has 0 unspecified atom stereocenters. The van der Waals surface area contributed by atoms with Crippen molar-refractivity contribution in [3.8, 4) is 0 Å². The minimum atomic E-state index is -1.40. The topological polar surface area (TPSA) is 52.6 Å². The van der Waals surface area contributed by atoms with Crippen LogP contribution in [0.3, 0.4) is 0 Å². The van der Waals surface area contributed by atoms with Crippen LogP contribution in [0.25, 0.3) is 0 Å². The highest BCUT2D eigenvalue weighted by molar-refractivity contribution is 6.76. The van der Waals surface area contributed by atoms with Gasteiger partial charge in [0.25, 0.3) is 0 Å². The molecule has 5 heteroatoms. The summed E-state index contributed by atoms with van der Waals surface area (Å²) in [5.41, 5.74) is 0.783. The average molecular weight is 310 g/mol. The van der Waals surface area contributed by atoms with Crippen LogP contribution < -0.4 is 0 Å². The number of carbonyl (C=O) groups excluding carboxylic acids is 2. The molecule has 0 aromatic heterocycles. The van der Waals surface area contributed by atoms with E-state index in [9.17, 15) is 9.59 Å². The zero-order valence-electron chi connectivity index (χ0n) is 13.9. The van der Waals surface area contributed by atoms with Gasteiger partial charge in [-0.2, -0.15) is 0 Å². The van der Waals surface area contributed by atoms with Crippen LogP contribution in [-0.4, -0.2) is 34.2 Å². The van der Waals surface area contributed by atoms with Gasteiger partial charge in [-0.15, -0.1) is 0 Å². The van der Waals surface area contributed by atoms with E-state index in [0.717, 1.165) is 30.0 Å². The van der Waals surface area contributed by atoms with Crippen molar-refractivity contribution in [3.63, 3.8) is 0 Å². The Morgan fingerprint density at radius 3 is 1.90 bits per heavy atom. The van der Waals surface area contributed by atoms with Gasteiger partial charge in [0, 0.05) is 8.07 Å². The summed E-state index contributed by atoms with van der Waals surface area (Å²) in [7, 11) is 1.23. The van der Waals surface area contributed by atoms with Gasteiger partial charge >= 0.3 is 11.9 Å². The molecule has 21 heavy (non-hydrogen) atoms. The highest BCUT2D eigenvalue weighted by atomic mass is 28.3. The van der Waals surface area contributed by atoms with Gasteiger partial charge < -0.3 is 9.47 Å². The van der Waals surface area contributed by atoms with Crippen molar-refractivity contribution in [2.45, 2.75) is 45.5 Å². The van der Waals surface area contributed by atoms with E-state index in [1.165, 1.54) is 14.2 Å².